The Morgan fingerprint density at radius 1 is 1.14 bits per heavy atom. The normalized spacial score (nSPS) is 17.8. The smallest absolute Gasteiger partial charge is 0.233 e. The van der Waals surface area contributed by atoms with E-state index in [1.807, 2.05) is 59.5 Å². The zero-order valence-corrected chi connectivity index (χ0v) is 13.5. The SMILES string of the molecule is O=C1CSC(c2ccc(Cl)cc2)N1CCOc1ccccc1. The number of hydrogen-bond donors (Lipinski definition) is 0. The van der Waals surface area contributed by atoms with E-state index in [4.69, 9.17) is 16.3 Å². The van der Waals surface area contributed by atoms with Crippen LogP contribution in [0, 0.1) is 0 Å². The molecule has 0 bridgehead atoms. The maximum absolute atomic E-state index is 12.1. The molecule has 0 aliphatic carbocycles. The van der Waals surface area contributed by atoms with Crippen molar-refractivity contribution in [2.75, 3.05) is 18.9 Å². The molecule has 0 N–H and O–H groups in total. The molecule has 5 heteroatoms. The molecule has 1 heterocycles. The molecular formula is C17H16ClNO2S. The summed E-state index contributed by atoms with van der Waals surface area (Å²) >= 11 is 7.57. The molecule has 1 aliphatic rings. The molecule has 2 aromatic carbocycles. The molecule has 0 radical (unpaired) electrons. The highest BCUT2D eigenvalue weighted by Crippen LogP contribution is 2.38. The van der Waals surface area contributed by atoms with E-state index >= 15 is 0 Å². The second-order valence-corrected chi connectivity index (χ2v) is 6.47. The van der Waals surface area contributed by atoms with Gasteiger partial charge in [-0.25, -0.2) is 0 Å². The van der Waals surface area contributed by atoms with Crippen molar-refractivity contribution in [1.29, 1.82) is 0 Å². The van der Waals surface area contributed by atoms with Crippen LogP contribution in [0.3, 0.4) is 0 Å². The molecule has 1 atom stereocenters. The lowest BCUT2D eigenvalue weighted by Crippen LogP contribution is -2.32. The second kappa shape index (κ2) is 7.07. The highest BCUT2D eigenvalue weighted by molar-refractivity contribution is 8.00. The molecule has 0 spiro atoms. The number of halogens is 1. The van der Waals surface area contributed by atoms with Gasteiger partial charge in [0.25, 0.3) is 0 Å². The Morgan fingerprint density at radius 3 is 2.59 bits per heavy atom. The Morgan fingerprint density at radius 2 is 1.86 bits per heavy atom. The van der Waals surface area contributed by atoms with Crippen molar-refractivity contribution in [3.8, 4) is 5.75 Å². The minimum Gasteiger partial charge on any atom is -0.492 e. The molecule has 22 heavy (non-hydrogen) atoms. The second-order valence-electron chi connectivity index (χ2n) is 4.96. The Kier molecular flexibility index (Phi) is 4.90. The Bertz CT molecular complexity index is 633. The van der Waals surface area contributed by atoms with Crippen LogP contribution in [0.15, 0.2) is 54.6 Å². The summed E-state index contributed by atoms with van der Waals surface area (Å²) in [6, 6.07) is 17.3. The molecule has 3 nitrogen and oxygen atoms in total. The molecule has 0 aromatic heterocycles. The fourth-order valence-corrected chi connectivity index (χ4v) is 3.72. The fourth-order valence-electron chi connectivity index (χ4n) is 2.38. The van der Waals surface area contributed by atoms with Crippen LogP contribution in [-0.2, 0) is 4.79 Å². The highest BCUT2D eigenvalue weighted by atomic mass is 35.5. The number of ether oxygens (including phenoxy) is 1. The van der Waals surface area contributed by atoms with E-state index < -0.39 is 0 Å². The van der Waals surface area contributed by atoms with Gasteiger partial charge >= 0.3 is 0 Å². The van der Waals surface area contributed by atoms with Gasteiger partial charge < -0.3 is 9.64 Å². The number of hydrogen-bond acceptors (Lipinski definition) is 3. The molecule has 3 rings (SSSR count). The first kappa shape index (κ1) is 15.3. The molecule has 1 saturated heterocycles. The summed E-state index contributed by atoms with van der Waals surface area (Å²) in [7, 11) is 0. The first-order valence-corrected chi connectivity index (χ1v) is 8.51. The van der Waals surface area contributed by atoms with Gasteiger partial charge in [0.2, 0.25) is 5.91 Å². The largest absolute Gasteiger partial charge is 0.492 e. The lowest BCUT2D eigenvalue weighted by molar-refractivity contribution is -0.128. The van der Waals surface area contributed by atoms with Gasteiger partial charge in [0.15, 0.2) is 0 Å². The van der Waals surface area contributed by atoms with Gasteiger partial charge in [-0.05, 0) is 29.8 Å². The predicted molar refractivity (Wildman–Crippen MR) is 90.3 cm³/mol. The Hall–Kier alpha value is -1.65. The summed E-state index contributed by atoms with van der Waals surface area (Å²) in [4.78, 5) is 14.0. The van der Waals surface area contributed by atoms with E-state index in [1.165, 1.54) is 0 Å². The van der Waals surface area contributed by atoms with Gasteiger partial charge in [0.1, 0.15) is 17.7 Å². The van der Waals surface area contributed by atoms with Crippen molar-refractivity contribution in [3.05, 3.63) is 65.2 Å². The van der Waals surface area contributed by atoms with E-state index in [0.717, 1.165) is 11.3 Å². The number of nitrogens with zero attached hydrogens (tertiary/aromatic N) is 1. The van der Waals surface area contributed by atoms with Gasteiger partial charge in [-0.15, -0.1) is 11.8 Å². The van der Waals surface area contributed by atoms with Crippen LogP contribution in [0.1, 0.15) is 10.9 Å². The third kappa shape index (κ3) is 3.57. The lowest BCUT2D eigenvalue weighted by atomic mass is 10.2. The number of thioether (sulfide) groups is 1. The first-order chi connectivity index (χ1) is 10.7. The Balaban J connectivity index is 1.62. The van der Waals surface area contributed by atoms with Crippen molar-refractivity contribution in [1.82, 2.24) is 4.90 Å². The highest BCUT2D eigenvalue weighted by Gasteiger charge is 2.32. The van der Waals surface area contributed by atoms with Crippen LogP contribution in [0.5, 0.6) is 5.75 Å². The van der Waals surface area contributed by atoms with E-state index in [-0.39, 0.29) is 11.3 Å². The van der Waals surface area contributed by atoms with Crippen molar-refractivity contribution in [3.63, 3.8) is 0 Å². The molecule has 1 aliphatic heterocycles. The number of carbonyl (C=O) groups is 1. The third-order valence-corrected chi connectivity index (χ3v) is 4.98. The molecular weight excluding hydrogens is 318 g/mol. The summed E-state index contributed by atoms with van der Waals surface area (Å²) in [6.07, 6.45) is 0. The van der Waals surface area contributed by atoms with Crippen LogP contribution in [0.2, 0.25) is 5.02 Å². The predicted octanol–water partition coefficient (Wildman–Crippen LogP) is 3.99. The van der Waals surface area contributed by atoms with Gasteiger partial charge in [-0.1, -0.05) is 41.9 Å². The summed E-state index contributed by atoms with van der Waals surface area (Å²) in [6.45, 7) is 1.06. The third-order valence-electron chi connectivity index (χ3n) is 3.47. The topological polar surface area (TPSA) is 29.5 Å². The minimum atomic E-state index is 0.0455. The van der Waals surface area contributed by atoms with Crippen LogP contribution < -0.4 is 4.74 Å². The molecule has 1 fully saturated rings. The molecule has 114 valence electrons. The summed E-state index contributed by atoms with van der Waals surface area (Å²) in [5, 5.41) is 0.751. The van der Waals surface area contributed by atoms with Crippen molar-refractivity contribution < 1.29 is 9.53 Å². The number of benzene rings is 2. The molecule has 1 unspecified atom stereocenters. The standard InChI is InChI=1S/C17H16ClNO2S/c18-14-8-6-13(7-9-14)17-19(16(20)12-22-17)10-11-21-15-4-2-1-3-5-15/h1-9,17H,10-12H2. The number of para-hydroxylation sites is 1. The van der Waals surface area contributed by atoms with Crippen LogP contribution in [0.4, 0.5) is 0 Å². The number of rotatable bonds is 5. The Labute approximate surface area is 139 Å². The van der Waals surface area contributed by atoms with Crippen LogP contribution in [0.25, 0.3) is 0 Å². The van der Waals surface area contributed by atoms with Crippen molar-refractivity contribution in [2.45, 2.75) is 5.37 Å². The average molecular weight is 334 g/mol. The van der Waals surface area contributed by atoms with E-state index in [9.17, 15) is 4.79 Å². The van der Waals surface area contributed by atoms with Gasteiger partial charge in [-0.2, -0.15) is 0 Å². The molecule has 1 amide bonds. The molecule has 2 aromatic rings. The van der Waals surface area contributed by atoms with E-state index in [0.29, 0.717) is 23.9 Å². The maximum atomic E-state index is 12.1. The average Bonchev–Trinajstić information content (AvgIpc) is 2.90. The first-order valence-electron chi connectivity index (χ1n) is 7.08. The quantitative estimate of drug-likeness (QED) is 0.828. The number of amides is 1. The maximum Gasteiger partial charge on any atom is 0.233 e. The zero-order valence-electron chi connectivity index (χ0n) is 11.9. The van der Waals surface area contributed by atoms with E-state index in [2.05, 4.69) is 0 Å². The lowest BCUT2D eigenvalue weighted by Gasteiger charge is -2.24. The van der Waals surface area contributed by atoms with Gasteiger partial charge in [-0.3, -0.25) is 4.79 Å². The fraction of sp³-hybridized carbons (Fsp3) is 0.235. The van der Waals surface area contributed by atoms with E-state index in [1.54, 1.807) is 11.8 Å². The van der Waals surface area contributed by atoms with Gasteiger partial charge in [0.05, 0.1) is 12.3 Å². The minimum absolute atomic E-state index is 0.0455. The number of carbonyl (C=O) groups excluding carboxylic acids is 1. The summed E-state index contributed by atoms with van der Waals surface area (Å²) in [5.74, 6) is 1.49. The van der Waals surface area contributed by atoms with Crippen molar-refractivity contribution in [2.24, 2.45) is 0 Å². The van der Waals surface area contributed by atoms with Crippen LogP contribution >= 0.6 is 23.4 Å². The zero-order chi connectivity index (χ0) is 15.4. The summed E-state index contributed by atoms with van der Waals surface area (Å²) < 4.78 is 5.70. The van der Waals surface area contributed by atoms with Gasteiger partial charge in [0, 0.05) is 5.02 Å². The van der Waals surface area contributed by atoms with Crippen molar-refractivity contribution >= 4 is 29.3 Å². The summed E-state index contributed by atoms with van der Waals surface area (Å²) in [5.41, 5.74) is 1.10. The monoisotopic (exact) mass is 333 g/mol. The van der Waals surface area contributed by atoms with Crippen LogP contribution in [-0.4, -0.2) is 29.7 Å². The molecule has 0 saturated carbocycles.